The van der Waals surface area contributed by atoms with Crippen LogP contribution in [-0.4, -0.2) is 24.2 Å². The summed E-state index contributed by atoms with van der Waals surface area (Å²) in [4.78, 5) is 9.16. The molecule has 0 aliphatic heterocycles. The number of nitrogens with two attached hydrogens (primary N) is 1. The lowest BCUT2D eigenvalue weighted by atomic mass is 9.96. The fraction of sp³-hybridized carbons (Fsp3) is 0.375. The number of fused-ring (bicyclic) bond motifs is 1. The zero-order valence-electron chi connectivity index (χ0n) is 12.3. The maximum absolute atomic E-state index is 6.11. The van der Waals surface area contributed by atoms with Gasteiger partial charge in [0.2, 0.25) is 0 Å². The van der Waals surface area contributed by atoms with Gasteiger partial charge in [0.25, 0.3) is 0 Å². The van der Waals surface area contributed by atoms with Gasteiger partial charge in [-0.3, -0.25) is 0 Å². The van der Waals surface area contributed by atoms with E-state index in [1.165, 1.54) is 0 Å². The first-order chi connectivity index (χ1) is 10.2. The molecule has 2 N–H and O–H groups in total. The van der Waals surface area contributed by atoms with Crippen molar-refractivity contribution in [2.45, 2.75) is 25.7 Å². The van der Waals surface area contributed by atoms with Crippen LogP contribution >= 0.6 is 0 Å². The standard InChI is InChI=1S/C16H19N3O2/c1-20-10-7-8-12(14(9-10)21-2)16-18-13-6-4-3-5-11(13)15(17)19-16/h7-9H,3-6H2,1-2H3,(H2,17,18,19). The largest absolute Gasteiger partial charge is 0.497 e. The van der Waals surface area contributed by atoms with Gasteiger partial charge in [-0.25, -0.2) is 9.97 Å². The lowest BCUT2D eigenvalue weighted by Crippen LogP contribution is -2.12. The highest BCUT2D eigenvalue weighted by Gasteiger charge is 2.18. The second-order valence-corrected chi connectivity index (χ2v) is 5.13. The van der Waals surface area contributed by atoms with E-state index in [1.807, 2.05) is 18.2 Å². The van der Waals surface area contributed by atoms with E-state index in [0.29, 0.717) is 17.4 Å². The normalized spacial score (nSPS) is 13.6. The molecule has 0 saturated carbocycles. The van der Waals surface area contributed by atoms with Crippen LogP contribution in [-0.2, 0) is 12.8 Å². The molecule has 0 bridgehead atoms. The summed E-state index contributed by atoms with van der Waals surface area (Å²) in [7, 11) is 3.25. The number of ether oxygens (including phenoxy) is 2. The van der Waals surface area contributed by atoms with Crippen molar-refractivity contribution in [2.24, 2.45) is 0 Å². The number of anilines is 1. The Morgan fingerprint density at radius 2 is 1.86 bits per heavy atom. The molecular weight excluding hydrogens is 266 g/mol. The van der Waals surface area contributed by atoms with Crippen LogP contribution in [0.3, 0.4) is 0 Å². The highest BCUT2D eigenvalue weighted by atomic mass is 16.5. The molecule has 1 heterocycles. The van der Waals surface area contributed by atoms with Crippen LogP contribution in [0.5, 0.6) is 11.5 Å². The summed E-state index contributed by atoms with van der Waals surface area (Å²) in [6, 6.07) is 5.60. The minimum absolute atomic E-state index is 0.590. The summed E-state index contributed by atoms with van der Waals surface area (Å²) >= 11 is 0. The summed E-state index contributed by atoms with van der Waals surface area (Å²) in [6.07, 6.45) is 4.25. The van der Waals surface area contributed by atoms with E-state index in [9.17, 15) is 0 Å². The van der Waals surface area contributed by atoms with Crippen LogP contribution in [0.2, 0.25) is 0 Å². The Morgan fingerprint density at radius 3 is 2.62 bits per heavy atom. The SMILES string of the molecule is COc1ccc(-c2nc(N)c3c(n2)CCCC3)c(OC)c1. The van der Waals surface area contributed by atoms with Gasteiger partial charge in [-0.05, 0) is 37.8 Å². The van der Waals surface area contributed by atoms with Crippen molar-refractivity contribution in [1.29, 1.82) is 0 Å². The van der Waals surface area contributed by atoms with Gasteiger partial charge in [-0.2, -0.15) is 0 Å². The Hall–Kier alpha value is -2.30. The topological polar surface area (TPSA) is 70.3 Å². The molecule has 0 unspecified atom stereocenters. The smallest absolute Gasteiger partial charge is 0.165 e. The van der Waals surface area contributed by atoms with Gasteiger partial charge >= 0.3 is 0 Å². The van der Waals surface area contributed by atoms with Crippen molar-refractivity contribution in [3.05, 3.63) is 29.5 Å². The number of benzene rings is 1. The van der Waals surface area contributed by atoms with Crippen molar-refractivity contribution >= 4 is 5.82 Å². The number of aromatic nitrogens is 2. The molecule has 0 atom stereocenters. The maximum Gasteiger partial charge on any atom is 0.165 e. The number of hydrogen-bond acceptors (Lipinski definition) is 5. The molecule has 1 aliphatic rings. The number of nitrogen functional groups attached to an aromatic ring is 1. The van der Waals surface area contributed by atoms with Gasteiger partial charge in [0.15, 0.2) is 5.82 Å². The van der Waals surface area contributed by atoms with Crippen molar-refractivity contribution in [3.8, 4) is 22.9 Å². The fourth-order valence-corrected chi connectivity index (χ4v) is 2.73. The van der Waals surface area contributed by atoms with Gasteiger partial charge in [0, 0.05) is 17.3 Å². The molecule has 110 valence electrons. The predicted molar refractivity (Wildman–Crippen MR) is 81.6 cm³/mol. The molecule has 0 spiro atoms. The molecule has 0 radical (unpaired) electrons. The number of rotatable bonds is 3. The lowest BCUT2D eigenvalue weighted by molar-refractivity contribution is 0.395. The van der Waals surface area contributed by atoms with Crippen LogP contribution in [0.1, 0.15) is 24.1 Å². The van der Waals surface area contributed by atoms with E-state index < -0.39 is 0 Å². The molecule has 1 aromatic carbocycles. The quantitative estimate of drug-likeness (QED) is 0.938. The third-order valence-corrected chi connectivity index (χ3v) is 3.86. The third-order valence-electron chi connectivity index (χ3n) is 3.86. The number of hydrogen-bond donors (Lipinski definition) is 1. The zero-order chi connectivity index (χ0) is 14.8. The van der Waals surface area contributed by atoms with Gasteiger partial charge in [0.1, 0.15) is 17.3 Å². The summed E-state index contributed by atoms with van der Waals surface area (Å²) in [5.41, 5.74) is 9.12. The van der Waals surface area contributed by atoms with Crippen molar-refractivity contribution in [3.63, 3.8) is 0 Å². The van der Waals surface area contributed by atoms with Gasteiger partial charge < -0.3 is 15.2 Å². The first-order valence-corrected chi connectivity index (χ1v) is 7.10. The zero-order valence-corrected chi connectivity index (χ0v) is 12.3. The Morgan fingerprint density at radius 1 is 1.05 bits per heavy atom. The summed E-state index contributed by atoms with van der Waals surface area (Å²) in [6.45, 7) is 0. The molecule has 5 heteroatoms. The molecule has 0 amide bonds. The van der Waals surface area contributed by atoms with Crippen LogP contribution in [0.15, 0.2) is 18.2 Å². The highest BCUT2D eigenvalue weighted by molar-refractivity contribution is 5.67. The van der Waals surface area contributed by atoms with E-state index in [4.69, 9.17) is 20.2 Å². The van der Waals surface area contributed by atoms with E-state index in [2.05, 4.69) is 4.98 Å². The first-order valence-electron chi connectivity index (χ1n) is 7.10. The Labute approximate surface area is 124 Å². The maximum atomic E-state index is 6.11. The van der Waals surface area contributed by atoms with Gasteiger partial charge in [-0.15, -0.1) is 0 Å². The Bertz CT molecular complexity index is 671. The molecule has 0 fully saturated rings. The molecule has 1 aromatic heterocycles. The first kappa shape index (κ1) is 13.7. The number of methoxy groups -OCH3 is 2. The Balaban J connectivity index is 2.10. The molecular formula is C16H19N3O2. The monoisotopic (exact) mass is 285 g/mol. The highest BCUT2D eigenvalue weighted by Crippen LogP contribution is 2.33. The molecule has 3 rings (SSSR count). The van der Waals surface area contributed by atoms with Crippen LogP contribution < -0.4 is 15.2 Å². The van der Waals surface area contributed by atoms with Crippen molar-refractivity contribution in [2.75, 3.05) is 20.0 Å². The number of aryl methyl sites for hydroxylation is 1. The fourth-order valence-electron chi connectivity index (χ4n) is 2.73. The third kappa shape index (κ3) is 2.51. The molecule has 21 heavy (non-hydrogen) atoms. The summed E-state index contributed by atoms with van der Waals surface area (Å²) in [5.74, 6) is 2.63. The van der Waals surface area contributed by atoms with Crippen molar-refractivity contribution in [1.82, 2.24) is 9.97 Å². The minimum Gasteiger partial charge on any atom is -0.497 e. The Kier molecular flexibility index (Phi) is 3.64. The second-order valence-electron chi connectivity index (χ2n) is 5.13. The van der Waals surface area contributed by atoms with Crippen LogP contribution in [0.25, 0.3) is 11.4 Å². The molecule has 5 nitrogen and oxygen atoms in total. The van der Waals surface area contributed by atoms with E-state index >= 15 is 0 Å². The lowest BCUT2D eigenvalue weighted by Gasteiger charge is -2.18. The van der Waals surface area contributed by atoms with Crippen molar-refractivity contribution < 1.29 is 9.47 Å². The van der Waals surface area contributed by atoms with Gasteiger partial charge in [-0.1, -0.05) is 0 Å². The molecule has 1 aliphatic carbocycles. The average Bonchev–Trinajstić information content (AvgIpc) is 2.54. The molecule has 2 aromatic rings. The minimum atomic E-state index is 0.590. The van der Waals surface area contributed by atoms with E-state index in [0.717, 1.165) is 48.3 Å². The second kappa shape index (κ2) is 5.60. The predicted octanol–water partition coefficient (Wildman–Crippen LogP) is 2.62. The molecule has 0 saturated heterocycles. The van der Waals surface area contributed by atoms with Gasteiger partial charge in [0.05, 0.1) is 19.8 Å². The number of nitrogens with zero attached hydrogens (tertiary/aromatic N) is 2. The van der Waals surface area contributed by atoms with Crippen LogP contribution in [0, 0.1) is 0 Å². The average molecular weight is 285 g/mol. The summed E-state index contributed by atoms with van der Waals surface area (Å²) in [5, 5.41) is 0. The van der Waals surface area contributed by atoms with E-state index in [-0.39, 0.29) is 0 Å². The van der Waals surface area contributed by atoms with Crippen LogP contribution in [0.4, 0.5) is 5.82 Å². The summed E-state index contributed by atoms with van der Waals surface area (Å²) < 4.78 is 10.6. The van der Waals surface area contributed by atoms with E-state index in [1.54, 1.807) is 14.2 Å².